The van der Waals surface area contributed by atoms with Crippen LogP contribution in [0, 0.1) is 11.8 Å². The van der Waals surface area contributed by atoms with Crippen molar-refractivity contribution < 1.29 is 4.52 Å². The SMILES string of the molecule is CC(C)Cc1nc(CN(C)CC2CCCNC2)no1. The Bertz CT molecular complexity index is 371. The third kappa shape index (κ3) is 4.91. The van der Waals surface area contributed by atoms with Gasteiger partial charge in [0.1, 0.15) is 0 Å². The molecule has 1 aromatic rings. The Kier molecular flexibility index (Phi) is 5.34. The van der Waals surface area contributed by atoms with E-state index in [-0.39, 0.29) is 0 Å². The predicted molar refractivity (Wildman–Crippen MR) is 74.8 cm³/mol. The van der Waals surface area contributed by atoms with Crippen molar-refractivity contribution in [1.82, 2.24) is 20.4 Å². The Labute approximate surface area is 115 Å². The second-order valence-electron chi connectivity index (χ2n) is 6.11. The van der Waals surface area contributed by atoms with E-state index in [1.807, 2.05) is 0 Å². The molecule has 2 rings (SSSR count). The molecule has 0 bridgehead atoms. The monoisotopic (exact) mass is 266 g/mol. The van der Waals surface area contributed by atoms with Crippen LogP contribution in [0.15, 0.2) is 4.52 Å². The van der Waals surface area contributed by atoms with Crippen LogP contribution in [0.5, 0.6) is 0 Å². The number of nitrogens with one attached hydrogen (secondary N) is 1. The third-order valence-corrected chi connectivity index (χ3v) is 3.47. The van der Waals surface area contributed by atoms with Crippen LogP contribution < -0.4 is 5.32 Å². The van der Waals surface area contributed by atoms with Gasteiger partial charge in [0, 0.05) is 13.0 Å². The zero-order valence-corrected chi connectivity index (χ0v) is 12.4. The zero-order chi connectivity index (χ0) is 13.7. The lowest BCUT2D eigenvalue weighted by Crippen LogP contribution is -2.36. The van der Waals surface area contributed by atoms with Gasteiger partial charge in [-0.05, 0) is 44.8 Å². The third-order valence-electron chi connectivity index (χ3n) is 3.47. The number of hydrogen-bond acceptors (Lipinski definition) is 5. The standard InChI is InChI=1S/C14H26N4O/c1-11(2)7-14-16-13(17-19-14)10-18(3)9-12-5-4-6-15-8-12/h11-12,15H,4-10H2,1-3H3. The molecule has 0 spiro atoms. The van der Waals surface area contributed by atoms with Gasteiger partial charge in [0.05, 0.1) is 6.54 Å². The fraction of sp³-hybridized carbons (Fsp3) is 0.857. The van der Waals surface area contributed by atoms with Crippen LogP contribution in [0.25, 0.3) is 0 Å². The van der Waals surface area contributed by atoms with Crippen molar-refractivity contribution in [2.24, 2.45) is 11.8 Å². The minimum absolute atomic E-state index is 0.555. The van der Waals surface area contributed by atoms with Gasteiger partial charge in [-0.1, -0.05) is 19.0 Å². The smallest absolute Gasteiger partial charge is 0.226 e. The molecule has 5 heteroatoms. The molecule has 0 aliphatic carbocycles. The maximum absolute atomic E-state index is 5.27. The lowest BCUT2D eigenvalue weighted by Gasteiger charge is -2.26. The summed E-state index contributed by atoms with van der Waals surface area (Å²) in [4.78, 5) is 6.74. The molecule has 1 aliphatic rings. The maximum atomic E-state index is 5.27. The van der Waals surface area contributed by atoms with E-state index in [2.05, 4.69) is 41.3 Å². The van der Waals surface area contributed by atoms with Crippen molar-refractivity contribution in [2.75, 3.05) is 26.7 Å². The average molecular weight is 266 g/mol. The van der Waals surface area contributed by atoms with Crippen LogP contribution in [0.3, 0.4) is 0 Å². The molecule has 19 heavy (non-hydrogen) atoms. The van der Waals surface area contributed by atoms with Crippen molar-refractivity contribution in [3.8, 4) is 0 Å². The van der Waals surface area contributed by atoms with Crippen molar-refractivity contribution in [3.63, 3.8) is 0 Å². The van der Waals surface area contributed by atoms with E-state index in [1.165, 1.54) is 19.4 Å². The second-order valence-corrected chi connectivity index (χ2v) is 6.11. The summed E-state index contributed by atoms with van der Waals surface area (Å²) >= 11 is 0. The summed E-state index contributed by atoms with van der Waals surface area (Å²) < 4.78 is 5.27. The first-order valence-electron chi connectivity index (χ1n) is 7.34. The Morgan fingerprint density at radius 2 is 2.32 bits per heavy atom. The molecule has 1 atom stereocenters. The Balaban J connectivity index is 1.77. The van der Waals surface area contributed by atoms with Crippen LogP contribution in [-0.4, -0.2) is 41.7 Å². The van der Waals surface area contributed by atoms with Gasteiger partial charge in [0.2, 0.25) is 5.89 Å². The molecule has 1 aliphatic heterocycles. The van der Waals surface area contributed by atoms with E-state index >= 15 is 0 Å². The van der Waals surface area contributed by atoms with Gasteiger partial charge < -0.3 is 9.84 Å². The topological polar surface area (TPSA) is 54.2 Å². The number of rotatable bonds is 6. The minimum atomic E-state index is 0.555. The first kappa shape index (κ1) is 14.5. The molecule has 108 valence electrons. The van der Waals surface area contributed by atoms with Crippen molar-refractivity contribution >= 4 is 0 Å². The maximum Gasteiger partial charge on any atom is 0.226 e. The molecule has 0 aromatic carbocycles. The molecule has 1 aromatic heterocycles. The lowest BCUT2D eigenvalue weighted by molar-refractivity contribution is 0.231. The summed E-state index contributed by atoms with van der Waals surface area (Å²) in [6, 6.07) is 0. The second kappa shape index (κ2) is 7.01. The van der Waals surface area contributed by atoms with E-state index in [1.54, 1.807) is 0 Å². The van der Waals surface area contributed by atoms with Crippen molar-refractivity contribution in [2.45, 2.75) is 39.7 Å². The zero-order valence-electron chi connectivity index (χ0n) is 12.4. The van der Waals surface area contributed by atoms with Gasteiger partial charge in [-0.3, -0.25) is 4.90 Å². The number of nitrogens with zero attached hydrogens (tertiary/aromatic N) is 3. The summed E-state index contributed by atoms with van der Waals surface area (Å²) in [6.07, 6.45) is 3.48. The van der Waals surface area contributed by atoms with Crippen LogP contribution in [0.2, 0.25) is 0 Å². The first-order valence-corrected chi connectivity index (χ1v) is 7.34. The Morgan fingerprint density at radius 1 is 1.47 bits per heavy atom. The highest BCUT2D eigenvalue weighted by atomic mass is 16.5. The molecule has 0 amide bonds. The van der Waals surface area contributed by atoms with Gasteiger partial charge in [-0.2, -0.15) is 4.98 Å². The van der Waals surface area contributed by atoms with Crippen molar-refractivity contribution in [1.29, 1.82) is 0 Å². The summed E-state index contributed by atoms with van der Waals surface area (Å²) in [5, 5.41) is 7.51. The molecule has 0 saturated carbocycles. The predicted octanol–water partition coefficient (Wildman–Crippen LogP) is 1.70. The van der Waals surface area contributed by atoms with Gasteiger partial charge in [-0.15, -0.1) is 0 Å². The lowest BCUT2D eigenvalue weighted by atomic mass is 9.99. The quantitative estimate of drug-likeness (QED) is 0.849. The molecular formula is C14H26N4O. The highest BCUT2D eigenvalue weighted by Gasteiger charge is 2.16. The van der Waals surface area contributed by atoms with E-state index in [0.717, 1.165) is 43.7 Å². The normalized spacial score (nSPS) is 20.4. The van der Waals surface area contributed by atoms with E-state index < -0.39 is 0 Å². The highest BCUT2D eigenvalue weighted by Crippen LogP contribution is 2.12. The average Bonchev–Trinajstić information content (AvgIpc) is 2.76. The largest absolute Gasteiger partial charge is 0.339 e. The summed E-state index contributed by atoms with van der Waals surface area (Å²) in [6.45, 7) is 8.50. The Morgan fingerprint density at radius 3 is 3.00 bits per heavy atom. The van der Waals surface area contributed by atoms with Crippen molar-refractivity contribution in [3.05, 3.63) is 11.7 Å². The van der Waals surface area contributed by atoms with Gasteiger partial charge in [0.25, 0.3) is 0 Å². The minimum Gasteiger partial charge on any atom is -0.339 e. The van der Waals surface area contributed by atoms with E-state index in [0.29, 0.717) is 5.92 Å². The Hall–Kier alpha value is -0.940. The van der Waals surface area contributed by atoms with Crippen LogP contribution in [-0.2, 0) is 13.0 Å². The van der Waals surface area contributed by atoms with Crippen LogP contribution >= 0.6 is 0 Å². The summed E-state index contributed by atoms with van der Waals surface area (Å²) in [7, 11) is 2.13. The fourth-order valence-corrected chi connectivity index (χ4v) is 2.61. The van der Waals surface area contributed by atoms with Crippen LogP contribution in [0.4, 0.5) is 0 Å². The number of aromatic nitrogens is 2. The van der Waals surface area contributed by atoms with Gasteiger partial charge >= 0.3 is 0 Å². The number of hydrogen-bond donors (Lipinski definition) is 1. The van der Waals surface area contributed by atoms with E-state index in [4.69, 9.17) is 4.52 Å². The summed E-state index contributed by atoms with van der Waals surface area (Å²) in [5.74, 6) is 2.87. The first-order chi connectivity index (χ1) is 9.13. The molecule has 1 fully saturated rings. The molecule has 0 radical (unpaired) electrons. The molecular weight excluding hydrogens is 240 g/mol. The van der Waals surface area contributed by atoms with Gasteiger partial charge in [-0.25, -0.2) is 0 Å². The van der Waals surface area contributed by atoms with E-state index in [9.17, 15) is 0 Å². The highest BCUT2D eigenvalue weighted by molar-refractivity contribution is 4.87. The fourth-order valence-electron chi connectivity index (χ4n) is 2.61. The molecule has 1 saturated heterocycles. The van der Waals surface area contributed by atoms with Gasteiger partial charge in [0.15, 0.2) is 5.82 Å². The molecule has 2 heterocycles. The molecule has 5 nitrogen and oxygen atoms in total. The number of piperidine rings is 1. The van der Waals surface area contributed by atoms with Crippen LogP contribution in [0.1, 0.15) is 38.4 Å². The molecule has 1 unspecified atom stereocenters. The molecule has 1 N–H and O–H groups in total. The summed E-state index contributed by atoms with van der Waals surface area (Å²) in [5.41, 5.74) is 0.